The third kappa shape index (κ3) is 3.27. The van der Waals surface area contributed by atoms with E-state index >= 15 is 0 Å². The number of amides is 1. The fourth-order valence-corrected chi connectivity index (χ4v) is 3.49. The van der Waals surface area contributed by atoms with Crippen LogP contribution >= 0.6 is 0 Å². The Morgan fingerprint density at radius 1 is 1.12 bits per heavy atom. The topological polar surface area (TPSA) is 53.2 Å². The second-order valence-electron chi connectivity index (χ2n) is 7.10. The highest BCUT2D eigenvalue weighted by molar-refractivity contribution is 5.96. The SMILES string of the molecule is CC(C1CC1)N(Cc1ccccc1)C(=O)c1cc2ccccc2c(=O)[nH]1. The number of fused-ring (bicyclic) bond motifs is 1. The molecule has 1 aliphatic carbocycles. The zero-order valence-electron chi connectivity index (χ0n) is 14.8. The molecular formula is C22H22N2O2. The Bertz CT molecular complexity index is 990. The van der Waals surface area contributed by atoms with Gasteiger partial charge in [-0.3, -0.25) is 9.59 Å². The van der Waals surface area contributed by atoms with Crippen LogP contribution in [-0.2, 0) is 6.54 Å². The molecule has 1 aliphatic rings. The van der Waals surface area contributed by atoms with Crippen LogP contribution in [0.15, 0.2) is 65.5 Å². The summed E-state index contributed by atoms with van der Waals surface area (Å²) in [6, 6.07) is 19.3. The summed E-state index contributed by atoms with van der Waals surface area (Å²) in [4.78, 5) is 30.3. The molecule has 1 saturated carbocycles. The maximum atomic E-state index is 13.3. The van der Waals surface area contributed by atoms with Gasteiger partial charge in [0.05, 0.1) is 0 Å². The van der Waals surface area contributed by atoms with Gasteiger partial charge in [0, 0.05) is 18.0 Å². The van der Waals surface area contributed by atoms with Gasteiger partial charge < -0.3 is 9.88 Å². The van der Waals surface area contributed by atoms with E-state index in [0.717, 1.165) is 23.8 Å². The Balaban J connectivity index is 1.70. The molecule has 0 saturated heterocycles. The van der Waals surface area contributed by atoms with E-state index in [4.69, 9.17) is 0 Å². The van der Waals surface area contributed by atoms with Crippen LogP contribution < -0.4 is 5.56 Å². The van der Waals surface area contributed by atoms with E-state index in [9.17, 15) is 9.59 Å². The van der Waals surface area contributed by atoms with Crippen LogP contribution in [0.2, 0.25) is 0 Å². The highest BCUT2D eigenvalue weighted by Gasteiger charge is 2.35. The Kier molecular flexibility index (Phi) is 4.33. The number of aromatic amines is 1. The Morgan fingerprint density at radius 2 is 1.81 bits per heavy atom. The fraction of sp³-hybridized carbons (Fsp3) is 0.273. The second-order valence-corrected chi connectivity index (χ2v) is 7.10. The zero-order chi connectivity index (χ0) is 18.1. The molecule has 0 aliphatic heterocycles. The highest BCUT2D eigenvalue weighted by Crippen LogP contribution is 2.36. The number of carbonyl (C=O) groups is 1. The van der Waals surface area contributed by atoms with Crippen molar-refractivity contribution in [3.8, 4) is 0 Å². The molecule has 1 aromatic heterocycles. The Hall–Kier alpha value is -2.88. The number of carbonyl (C=O) groups excluding carboxylic acids is 1. The molecule has 3 aromatic rings. The summed E-state index contributed by atoms with van der Waals surface area (Å²) in [6.07, 6.45) is 2.32. The monoisotopic (exact) mass is 346 g/mol. The van der Waals surface area contributed by atoms with Gasteiger partial charge >= 0.3 is 0 Å². The average Bonchev–Trinajstić information content (AvgIpc) is 3.51. The number of nitrogens with one attached hydrogen (secondary N) is 1. The van der Waals surface area contributed by atoms with E-state index in [2.05, 4.69) is 11.9 Å². The van der Waals surface area contributed by atoms with Crippen LogP contribution in [0, 0.1) is 5.92 Å². The Morgan fingerprint density at radius 3 is 2.54 bits per heavy atom. The molecule has 0 bridgehead atoms. The zero-order valence-corrected chi connectivity index (χ0v) is 14.8. The largest absolute Gasteiger partial charge is 0.330 e. The lowest BCUT2D eigenvalue weighted by molar-refractivity contribution is 0.0648. The number of aromatic nitrogens is 1. The number of pyridine rings is 1. The van der Waals surface area contributed by atoms with Gasteiger partial charge in [0.25, 0.3) is 11.5 Å². The number of nitrogens with zero attached hydrogens (tertiary/aromatic N) is 1. The molecule has 1 amide bonds. The molecule has 0 radical (unpaired) electrons. The minimum Gasteiger partial charge on any atom is -0.330 e. The summed E-state index contributed by atoms with van der Waals surface area (Å²) in [5.41, 5.74) is 1.24. The number of rotatable bonds is 5. The maximum absolute atomic E-state index is 13.3. The molecule has 1 atom stereocenters. The van der Waals surface area contributed by atoms with Gasteiger partial charge in [0.1, 0.15) is 5.69 Å². The third-order valence-electron chi connectivity index (χ3n) is 5.24. The summed E-state index contributed by atoms with van der Waals surface area (Å²) in [6.45, 7) is 2.66. The maximum Gasteiger partial charge on any atom is 0.270 e. The van der Waals surface area contributed by atoms with Crippen molar-refractivity contribution in [1.82, 2.24) is 9.88 Å². The average molecular weight is 346 g/mol. The molecule has 1 heterocycles. The van der Waals surface area contributed by atoms with E-state index in [0.29, 0.717) is 23.5 Å². The Labute approximate surface area is 152 Å². The first-order valence-electron chi connectivity index (χ1n) is 9.10. The predicted octanol–water partition coefficient (Wildman–Crippen LogP) is 3.97. The summed E-state index contributed by atoms with van der Waals surface area (Å²) >= 11 is 0. The van der Waals surface area contributed by atoms with Gasteiger partial charge in [-0.25, -0.2) is 0 Å². The molecule has 1 N–H and O–H groups in total. The summed E-state index contributed by atoms with van der Waals surface area (Å²) in [5, 5.41) is 1.40. The van der Waals surface area contributed by atoms with Crippen LogP contribution in [0.25, 0.3) is 10.8 Å². The van der Waals surface area contributed by atoms with Crippen molar-refractivity contribution < 1.29 is 4.79 Å². The number of H-pyrrole nitrogens is 1. The first-order valence-corrected chi connectivity index (χ1v) is 9.10. The van der Waals surface area contributed by atoms with Gasteiger partial charge in [-0.05, 0) is 48.8 Å². The van der Waals surface area contributed by atoms with Crippen molar-refractivity contribution >= 4 is 16.7 Å². The van der Waals surface area contributed by atoms with Gasteiger partial charge in [-0.2, -0.15) is 0 Å². The lowest BCUT2D eigenvalue weighted by Crippen LogP contribution is -2.40. The van der Waals surface area contributed by atoms with E-state index in [1.807, 2.05) is 53.4 Å². The molecular weight excluding hydrogens is 324 g/mol. The minimum atomic E-state index is -0.217. The quantitative estimate of drug-likeness (QED) is 0.760. The fourth-order valence-electron chi connectivity index (χ4n) is 3.49. The lowest BCUT2D eigenvalue weighted by Gasteiger charge is -2.29. The van der Waals surface area contributed by atoms with Crippen LogP contribution in [-0.4, -0.2) is 21.8 Å². The normalized spacial score (nSPS) is 15.0. The van der Waals surface area contributed by atoms with Gasteiger partial charge in [-0.15, -0.1) is 0 Å². The van der Waals surface area contributed by atoms with Gasteiger partial charge in [0.2, 0.25) is 0 Å². The molecule has 0 spiro atoms. The third-order valence-corrected chi connectivity index (χ3v) is 5.24. The smallest absolute Gasteiger partial charge is 0.270 e. The molecule has 4 heteroatoms. The van der Waals surface area contributed by atoms with E-state index in [-0.39, 0.29) is 17.5 Å². The number of benzene rings is 2. The van der Waals surface area contributed by atoms with E-state index < -0.39 is 0 Å². The van der Waals surface area contributed by atoms with Crippen molar-refractivity contribution in [2.75, 3.05) is 0 Å². The number of hydrogen-bond donors (Lipinski definition) is 1. The molecule has 132 valence electrons. The van der Waals surface area contributed by atoms with Crippen LogP contribution in [0.5, 0.6) is 0 Å². The van der Waals surface area contributed by atoms with Crippen molar-refractivity contribution in [3.63, 3.8) is 0 Å². The molecule has 4 nitrogen and oxygen atoms in total. The summed E-state index contributed by atoms with van der Waals surface area (Å²) in [7, 11) is 0. The number of hydrogen-bond acceptors (Lipinski definition) is 2. The van der Waals surface area contributed by atoms with Crippen molar-refractivity contribution in [2.24, 2.45) is 5.92 Å². The summed E-state index contributed by atoms with van der Waals surface area (Å²) < 4.78 is 0. The van der Waals surface area contributed by atoms with E-state index in [1.165, 1.54) is 0 Å². The van der Waals surface area contributed by atoms with Crippen LogP contribution in [0.1, 0.15) is 35.8 Å². The van der Waals surface area contributed by atoms with E-state index in [1.54, 1.807) is 12.1 Å². The molecule has 1 unspecified atom stereocenters. The first-order chi connectivity index (χ1) is 12.6. The lowest BCUT2D eigenvalue weighted by atomic mass is 10.1. The predicted molar refractivity (Wildman–Crippen MR) is 103 cm³/mol. The van der Waals surface area contributed by atoms with Crippen molar-refractivity contribution in [2.45, 2.75) is 32.4 Å². The molecule has 4 rings (SSSR count). The summed E-state index contributed by atoms with van der Waals surface area (Å²) in [5.74, 6) is 0.436. The van der Waals surface area contributed by atoms with Crippen molar-refractivity contribution in [1.29, 1.82) is 0 Å². The van der Waals surface area contributed by atoms with Crippen LogP contribution in [0.3, 0.4) is 0 Å². The van der Waals surface area contributed by atoms with Crippen LogP contribution in [0.4, 0.5) is 0 Å². The first kappa shape index (κ1) is 16.6. The molecule has 1 fully saturated rings. The van der Waals surface area contributed by atoms with Gasteiger partial charge in [0.15, 0.2) is 0 Å². The highest BCUT2D eigenvalue weighted by atomic mass is 16.2. The van der Waals surface area contributed by atoms with Crippen molar-refractivity contribution in [3.05, 3.63) is 82.3 Å². The second kappa shape index (κ2) is 6.79. The minimum absolute atomic E-state index is 0.115. The van der Waals surface area contributed by atoms with Gasteiger partial charge in [-0.1, -0.05) is 48.5 Å². The standard InChI is InChI=1S/C22H22N2O2/c1-15(17-11-12-17)24(14-16-7-3-2-4-8-16)22(26)20-13-18-9-5-6-10-19(18)21(25)23-20/h2-10,13,15,17H,11-12,14H2,1H3,(H,23,25). The molecule has 26 heavy (non-hydrogen) atoms. The molecule has 2 aromatic carbocycles.